The lowest BCUT2D eigenvalue weighted by Crippen LogP contribution is -2.85. The topological polar surface area (TPSA) is 38.7 Å². The van der Waals surface area contributed by atoms with E-state index in [1.54, 1.807) is 0 Å². The fourth-order valence-electron chi connectivity index (χ4n) is 5.76. The predicted molar refractivity (Wildman–Crippen MR) is 152 cm³/mol. The molecule has 0 saturated carbocycles. The minimum absolute atomic E-state index is 0.0392. The maximum absolute atomic E-state index is 10.4. The quantitative estimate of drug-likeness (QED) is 0.243. The highest BCUT2D eigenvalue weighted by Crippen LogP contribution is 2.41. The molecule has 0 unspecified atom stereocenters. The fraction of sp³-hybridized carbons (Fsp3) is 0.913. The van der Waals surface area contributed by atoms with Crippen LogP contribution in [0.4, 0.5) is 0 Å². The third-order valence-electron chi connectivity index (χ3n) is 7.09. The van der Waals surface area contributed by atoms with Crippen molar-refractivity contribution in [3.05, 3.63) is 0 Å². The Bertz CT molecular complexity index is 580. The van der Waals surface area contributed by atoms with Crippen LogP contribution in [-0.2, 0) is 8.85 Å². The summed E-state index contributed by atoms with van der Waals surface area (Å²) >= 11 is 0. The fourth-order valence-corrected chi connectivity index (χ4v) is 101. The number of hydrogen-bond acceptors (Lipinski definition) is 3. The molecule has 0 rings (SSSR count). The van der Waals surface area contributed by atoms with E-state index in [-0.39, 0.29) is 17.2 Å². The number of aliphatic hydroxyl groups is 1. The summed E-state index contributed by atoms with van der Waals surface area (Å²) < 4.78 is 14.2. The van der Waals surface area contributed by atoms with E-state index >= 15 is 0 Å². The molecule has 8 heteroatoms. The summed E-state index contributed by atoms with van der Waals surface area (Å²) in [6.07, 6.45) is 6.19. The van der Waals surface area contributed by atoms with Crippen molar-refractivity contribution in [2.45, 2.75) is 136 Å². The van der Waals surface area contributed by atoms with Crippen LogP contribution in [-0.4, -0.2) is 61.4 Å². The molecule has 0 aliphatic carbocycles. The van der Waals surface area contributed by atoms with Gasteiger partial charge in [-0.05, 0) is 31.5 Å². The summed E-state index contributed by atoms with van der Waals surface area (Å²) in [4.78, 5) is 0. The first-order valence-electron chi connectivity index (χ1n) is 11.9. The van der Waals surface area contributed by atoms with E-state index in [1.807, 2.05) is 0 Å². The number of hydrogen-bond donors (Lipinski definition) is 1. The van der Waals surface area contributed by atoms with E-state index in [2.05, 4.69) is 106 Å². The molecule has 0 aliphatic heterocycles. The highest BCUT2D eigenvalue weighted by Gasteiger charge is 2.64. The summed E-state index contributed by atoms with van der Waals surface area (Å²) in [7, 11) is -6.63. The number of terminal acetylenes is 1. The van der Waals surface area contributed by atoms with E-state index in [0.29, 0.717) is 6.42 Å². The van der Waals surface area contributed by atoms with Crippen molar-refractivity contribution < 1.29 is 14.0 Å². The molecule has 0 fully saturated rings. The van der Waals surface area contributed by atoms with Crippen LogP contribution in [0.2, 0.25) is 77.1 Å². The molecule has 0 radical (unpaired) electrons. The first kappa shape index (κ1) is 31.5. The van der Waals surface area contributed by atoms with Crippen LogP contribution in [0.1, 0.15) is 40.5 Å². The molecule has 3 atom stereocenters. The maximum Gasteiger partial charge on any atom is 0.192 e. The lowest BCUT2D eigenvalue weighted by Gasteiger charge is -2.57. The Balaban J connectivity index is 6.20. The standard InChI is InChI=1S/C23H54O3Si5/c1-17-21(24)19-22(18-20(2)25-30(15,16)23(3,4)5)26-31(27(6,7)8,28(9,10)11)29(12,13)14/h1,20-22,24H,18-19H2,2-16H3/t20-,21+,22-/m0/s1. The second-order valence-electron chi connectivity index (χ2n) is 14.0. The minimum atomic E-state index is -2.01. The monoisotopic (exact) mass is 518 g/mol. The van der Waals surface area contributed by atoms with E-state index in [0.717, 1.165) is 6.42 Å². The molecule has 1 N–H and O–H groups in total. The highest BCUT2D eigenvalue weighted by atomic mass is 29.9. The Hall–Kier alpha value is 0.524. The molecular formula is C23H54O3Si5. The lowest BCUT2D eigenvalue weighted by molar-refractivity contribution is 0.0792. The van der Waals surface area contributed by atoms with Crippen molar-refractivity contribution in [1.82, 2.24) is 0 Å². The van der Waals surface area contributed by atoms with E-state index in [4.69, 9.17) is 15.3 Å². The summed E-state index contributed by atoms with van der Waals surface area (Å²) in [6, 6.07) is 0. The van der Waals surface area contributed by atoms with Crippen LogP contribution in [0, 0.1) is 12.3 Å². The molecule has 0 saturated heterocycles. The zero-order chi connectivity index (χ0) is 25.3. The Morgan fingerprint density at radius 2 is 1.16 bits per heavy atom. The lowest BCUT2D eigenvalue weighted by atomic mass is 10.1. The van der Waals surface area contributed by atoms with Gasteiger partial charge < -0.3 is 14.0 Å². The summed E-state index contributed by atoms with van der Waals surface area (Å²) in [6.45, 7) is 34.4. The van der Waals surface area contributed by atoms with Gasteiger partial charge in [0.2, 0.25) is 0 Å². The van der Waals surface area contributed by atoms with Crippen molar-refractivity contribution >= 4 is 38.0 Å². The van der Waals surface area contributed by atoms with Crippen LogP contribution in [0.15, 0.2) is 0 Å². The summed E-state index contributed by atoms with van der Waals surface area (Å²) in [5.41, 5.74) is 0. The molecule has 0 spiro atoms. The summed E-state index contributed by atoms with van der Waals surface area (Å²) in [5, 5.41) is 10.6. The molecule has 0 aromatic carbocycles. The minimum Gasteiger partial charge on any atom is -0.423 e. The Kier molecular flexibility index (Phi) is 10.6. The smallest absolute Gasteiger partial charge is 0.192 e. The van der Waals surface area contributed by atoms with Gasteiger partial charge in [-0.1, -0.05) is 85.6 Å². The molecule has 0 amide bonds. The maximum atomic E-state index is 10.4. The largest absolute Gasteiger partial charge is 0.423 e. The number of rotatable bonds is 11. The SMILES string of the molecule is C#C[C@@H](O)C[C@H](C[C@H](C)O[Si](C)(C)C(C)(C)C)O[Si]([Si](C)(C)C)([Si](C)(C)C)[Si](C)(C)C. The molecule has 184 valence electrons. The van der Waals surface area contributed by atoms with Gasteiger partial charge in [-0.3, -0.25) is 0 Å². The van der Waals surface area contributed by atoms with Crippen LogP contribution >= 0.6 is 0 Å². The predicted octanol–water partition coefficient (Wildman–Crippen LogP) is 6.75. The van der Waals surface area contributed by atoms with Gasteiger partial charge in [0.15, 0.2) is 15.2 Å². The third kappa shape index (κ3) is 7.77. The molecule has 0 aromatic heterocycles. The van der Waals surface area contributed by atoms with Crippen LogP contribution < -0.4 is 0 Å². The second-order valence-corrected chi connectivity index (χ2v) is 58.2. The van der Waals surface area contributed by atoms with E-state index in [1.165, 1.54) is 0 Å². The van der Waals surface area contributed by atoms with Gasteiger partial charge in [-0.15, -0.1) is 6.42 Å². The van der Waals surface area contributed by atoms with Crippen LogP contribution in [0.5, 0.6) is 0 Å². The molecule has 0 heterocycles. The highest BCUT2D eigenvalue weighted by molar-refractivity contribution is 7.87. The molecular weight excluding hydrogens is 465 g/mol. The van der Waals surface area contributed by atoms with Gasteiger partial charge >= 0.3 is 0 Å². The Labute approximate surface area is 199 Å². The summed E-state index contributed by atoms with van der Waals surface area (Å²) in [5.74, 6) is 2.54. The van der Waals surface area contributed by atoms with Crippen molar-refractivity contribution in [1.29, 1.82) is 0 Å². The molecule has 3 nitrogen and oxygen atoms in total. The van der Waals surface area contributed by atoms with Crippen molar-refractivity contribution in [2.24, 2.45) is 0 Å². The number of aliphatic hydroxyl groups excluding tert-OH is 1. The van der Waals surface area contributed by atoms with Crippen LogP contribution in [0.25, 0.3) is 0 Å². The first-order valence-corrected chi connectivity index (χ1v) is 30.2. The van der Waals surface area contributed by atoms with Gasteiger partial charge in [0, 0.05) is 18.6 Å². The first-order chi connectivity index (χ1) is 13.4. The van der Waals surface area contributed by atoms with Gasteiger partial charge in [-0.25, -0.2) is 0 Å². The van der Waals surface area contributed by atoms with Crippen molar-refractivity contribution in [3.63, 3.8) is 0 Å². The van der Waals surface area contributed by atoms with Gasteiger partial charge in [-0.2, -0.15) is 0 Å². The second kappa shape index (κ2) is 10.4. The zero-order valence-electron chi connectivity index (χ0n) is 23.5. The molecule has 31 heavy (non-hydrogen) atoms. The average molecular weight is 519 g/mol. The third-order valence-corrected chi connectivity index (χ3v) is 79.3. The van der Waals surface area contributed by atoms with E-state index < -0.39 is 44.1 Å². The van der Waals surface area contributed by atoms with Crippen molar-refractivity contribution in [2.75, 3.05) is 0 Å². The van der Waals surface area contributed by atoms with Crippen molar-refractivity contribution in [3.8, 4) is 12.3 Å². The van der Waals surface area contributed by atoms with Gasteiger partial charge in [0.1, 0.15) is 6.10 Å². The van der Waals surface area contributed by atoms with Crippen LogP contribution in [0.3, 0.4) is 0 Å². The average Bonchev–Trinajstić information content (AvgIpc) is 2.46. The van der Waals surface area contributed by atoms with E-state index in [9.17, 15) is 5.11 Å². The van der Waals surface area contributed by atoms with Gasteiger partial charge in [0.25, 0.3) is 0 Å². The molecule has 0 aromatic rings. The molecule has 0 aliphatic rings. The molecule has 0 bridgehead atoms. The van der Waals surface area contributed by atoms with Gasteiger partial charge in [0.05, 0.1) is 22.8 Å². The Morgan fingerprint density at radius 1 is 0.774 bits per heavy atom. The normalized spacial score (nSPS) is 17.8. The zero-order valence-corrected chi connectivity index (χ0v) is 28.5. The Morgan fingerprint density at radius 3 is 1.45 bits per heavy atom.